The first-order chi connectivity index (χ1) is 7.74. The van der Waals surface area contributed by atoms with Crippen LogP contribution in [0.2, 0.25) is 0 Å². The summed E-state index contributed by atoms with van der Waals surface area (Å²) in [7, 11) is 0. The van der Waals surface area contributed by atoms with Crippen molar-refractivity contribution in [1.29, 1.82) is 0 Å². The molecule has 0 aliphatic carbocycles. The molecule has 0 aromatic carbocycles. The van der Waals surface area contributed by atoms with Crippen molar-refractivity contribution >= 4 is 5.97 Å². The van der Waals surface area contributed by atoms with Crippen LogP contribution in [0.5, 0.6) is 0 Å². The molecule has 0 radical (unpaired) electrons. The van der Waals surface area contributed by atoms with Gasteiger partial charge in [-0.15, -0.1) is 0 Å². The lowest BCUT2D eigenvalue weighted by Gasteiger charge is -2.05. The van der Waals surface area contributed by atoms with Crippen molar-refractivity contribution in [1.82, 2.24) is 15.5 Å². The molecule has 6 heteroatoms. The number of nitrogens with zero attached hydrogens (tertiary/aromatic N) is 2. The Morgan fingerprint density at radius 3 is 3.12 bits per heavy atom. The predicted octanol–water partition coefficient (Wildman–Crippen LogP) is 0.321. The Bertz CT molecular complexity index is 335. The van der Waals surface area contributed by atoms with Gasteiger partial charge in [0, 0.05) is 25.1 Å². The fraction of sp³-hybridized carbons (Fsp3) is 0.500. The monoisotopic (exact) mass is 225 g/mol. The zero-order valence-corrected chi connectivity index (χ0v) is 9.23. The molecule has 16 heavy (non-hydrogen) atoms. The lowest BCUT2D eigenvalue weighted by atomic mass is 10.3. The standard InChI is InChI=1S/C10H15N3O3/c1-3-15-10(14)8(2)6-11-5-4-9-12-7-16-13-9/h7,11H,2-6H2,1H3. The Balaban J connectivity index is 2.11. The summed E-state index contributed by atoms with van der Waals surface area (Å²) in [6, 6.07) is 0. The lowest BCUT2D eigenvalue weighted by Crippen LogP contribution is -2.24. The normalized spacial score (nSPS) is 10.1. The van der Waals surface area contributed by atoms with Crippen molar-refractivity contribution in [2.75, 3.05) is 19.7 Å². The van der Waals surface area contributed by atoms with Gasteiger partial charge in [0.05, 0.1) is 6.61 Å². The Morgan fingerprint density at radius 2 is 2.50 bits per heavy atom. The molecule has 0 unspecified atom stereocenters. The van der Waals surface area contributed by atoms with Crippen LogP contribution in [0.3, 0.4) is 0 Å². The number of carbonyl (C=O) groups excluding carboxylic acids is 1. The molecule has 6 nitrogen and oxygen atoms in total. The van der Waals surface area contributed by atoms with Gasteiger partial charge in [0.15, 0.2) is 5.82 Å². The van der Waals surface area contributed by atoms with Gasteiger partial charge < -0.3 is 14.6 Å². The smallest absolute Gasteiger partial charge is 0.334 e. The first-order valence-electron chi connectivity index (χ1n) is 5.05. The number of nitrogens with one attached hydrogen (secondary N) is 1. The molecule has 0 aliphatic rings. The molecule has 0 fully saturated rings. The summed E-state index contributed by atoms with van der Waals surface area (Å²) in [6.45, 7) is 6.79. The highest BCUT2D eigenvalue weighted by Gasteiger charge is 2.06. The molecule has 1 rings (SSSR count). The predicted molar refractivity (Wildman–Crippen MR) is 56.6 cm³/mol. The van der Waals surface area contributed by atoms with Crippen LogP contribution in [0.4, 0.5) is 0 Å². The molecule has 1 N–H and O–H groups in total. The van der Waals surface area contributed by atoms with Gasteiger partial charge in [0.25, 0.3) is 0 Å². The summed E-state index contributed by atoms with van der Waals surface area (Å²) < 4.78 is 9.37. The van der Waals surface area contributed by atoms with Crippen molar-refractivity contribution in [3.63, 3.8) is 0 Å². The fourth-order valence-electron chi connectivity index (χ4n) is 1.05. The minimum absolute atomic E-state index is 0.362. The van der Waals surface area contributed by atoms with E-state index in [2.05, 4.69) is 26.6 Å². The van der Waals surface area contributed by atoms with Gasteiger partial charge in [-0.2, -0.15) is 4.98 Å². The highest BCUT2D eigenvalue weighted by atomic mass is 16.5. The molecule has 0 bridgehead atoms. The van der Waals surface area contributed by atoms with Crippen molar-refractivity contribution in [2.45, 2.75) is 13.3 Å². The van der Waals surface area contributed by atoms with Crippen LogP contribution in [0, 0.1) is 0 Å². The largest absolute Gasteiger partial charge is 0.463 e. The Hall–Kier alpha value is -1.69. The molecule has 1 aromatic heterocycles. The average Bonchev–Trinajstić information content (AvgIpc) is 2.77. The Kier molecular flexibility index (Phi) is 5.21. The number of hydrogen-bond donors (Lipinski definition) is 1. The van der Waals surface area contributed by atoms with Gasteiger partial charge in [-0.1, -0.05) is 11.7 Å². The van der Waals surface area contributed by atoms with Crippen LogP contribution in [0.25, 0.3) is 0 Å². The van der Waals surface area contributed by atoms with Crippen molar-refractivity contribution < 1.29 is 14.1 Å². The van der Waals surface area contributed by atoms with E-state index in [1.807, 2.05) is 0 Å². The van der Waals surface area contributed by atoms with E-state index < -0.39 is 0 Å². The molecule has 0 atom stereocenters. The summed E-state index contributed by atoms with van der Waals surface area (Å²) in [4.78, 5) is 15.0. The summed E-state index contributed by atoms with van der Waals surface area (Å²) in [6.07, 6.45) is 1.93. The SMILES string of the molecule is C=C(CNCCc1ncon1)C(=O)OCC. The van der Waals surface area contributed by atoms with Crippen LogP contribution >= 0.6 is 0 Å². The second kappa shape index (κ2) is 6.73. The van der Waals surface area contributed by atoms with E-state index in [1.54, 1.807) is 6.92 Å². The number of carbonyl (C=O) groups is 1. The van der Waals surface area contributed by atoms with Gasteiger partial charge in [-0.3, -0.25) is 0 Å². The topological polar surface area (TPSA) is 77.3 Å². The average molecular weight is 225 g/mol. The quantitative estimate of drug-likeness (QED) is 0.409. The van der Waals surface area contributed by atoms with Gasteiger partial charge in [0.2, 0.25) is 6.39 Å². The van der Waals surface area contributed by atoms with Crippen molar-refractivity contribution in [2.24, 2.45) is 0 Å². The number of aromatic nitrogens is 2. The maximum atomic E-state index is 11.2. The third-order valence-corrected chi connectivity index (χ3v) is 1.83. The van der Waals surface area contributed by atoms with Crippen LogP contribution in [-0.4, -0.2) is 35.8 Å². The van der Waals surface area contributed by atoms with Crippen molar-refractivity contribution in [3.05, 3.63) is 24.4 Å². The van der Waals surface area contributed by atoms with Gasteiger partial charge in [0.1, 0.15) is 0 Å². The van der Waals surface area contributed by atoms with Gasteiger partial charge in [-0.05, 0) is 6.92 Å². The maximum absolute atomic E-state index is 11.2. The van der Waals surface area contributed by atoms with E-state index in [0.717, 1.165) is 0 Å². The first-order valence-corrected chi connectivity index (χ1v) is 5.05. The highest BCUT2D eigenvalue weighted by molar-refractivity contribution is 5.88. The number of esters is 1. The van der Waals surface area contributed by atoms with E-state index in [0.29, 0.717) is 37.5 Å². The van der Waals surface area contributed by atoms with Crippen molar-refractivity contribution in [3.8, 4) is 0 Å². The molecular weight excluding hydrogens is 210 g/mol. The zero-order chi connectivity index (χ0) is 11.8. The van der Waals surface area contributed by atoms with E-state index in [-0.39, 0.29) is 5.97 Å². The second-order valence-corrected chi connectivity index (χ2v) is 3.10. The Labute approximate surface area is 93.7 Å². The van der Waals surface area contributed by atoms with Crippen LogP contribution < -0.4 is 5.32 Å². The van der Waals surface area contributed by atoms with Crippen LogP contribution in [-0.2, 0) is 16.0 Å². The number of ether oxygens (including phenoxy) is 1. The molecule has 1 aromatic rings. The first kappa shape index (κ1) is 12.4. The summed E-state index contributed by atoms with van der Waals surface area (Å²) in [5, 5.41) is 6.70. The van der Waals surface area contributed by atoms with E-state index >= 15 is 0 Å². The molecule has 0 saturated heterocycles. The van der Waals surface area contributed by atoms with Crippen LogP contribution in [0.1, 0.15) is 12.7 Å². The minimum Gasteiger partial charge on any atom is -0.463 e. The number of hydrogen-bond acceptors (Lipinski definition) is 6. The lowest BCUT2D eigenvalue weighted by molar-refractivity contribution is -0.138. The molecule has 0 aliphatic heterocycles. The molecule has 88 valence electrons. The summed E-state index contributed by atoms with van der Waals surface area (Å²) >= 11 is 0. The zero-order valence-electron chi connectivity index (χ0n) is 9.23. The van der Waals surface area contributed by atoms with E-state index in [9.17, 15) is 4.79 Å². The molecule has 1 heterocycles. The minimum atomic E-state index is -0.366. The second-order valence-electron chi connectivity index (χ2n) is 3.10. The van der Waals surface area contributed by atoms with Gasteiger partial charge in [-0.25, -0.2) is 4.79 Å². The maximum Gasteiger partial charge on any atom is 0.334 e. The third kappa shape index (κ3) is 4.22. The highest BCUT2D eigenvalue weighted by Crippen LogP contribution is 1.93. The Morgan fingerprint density at radius 1 is 1.69 bits per heavy atom. The van der Waals surface area contributed by atoms with Crippen LogP contribution in [0.15, 0.2) is 23.1 Å². The summed E-state index contributed by atoms with van der Waals surface area (Å²) in [5.74, 6) is 0.267. The third-order valence-electron chi connectivity index (χ3n) is 1.83. The molecule has 0 spiro atoms. The fourth-order valence-corrected chi connectivity index (χ4v) is 1.05. The molecular formula is C10H15N3O3. The number of rotatable bonds is 7. The summed E-state index contributed by atoms with van der Waals surface area (Å²) in [5.41, 5.74) is 0.412. The van der Waals surface area contributed by atoms with E-state index in [4.69, 9.17) is 4.74 Å². The molecule has 0 saturated carbocycles. The van der Waals surface area contributed by atoms with Gasteiger partial charge >= 0.3 is 5.97 Å². The van der Waals surface area contributed by atoms with E-state index in [1.165, 1.54) is 6.39 Å². The molecule has 0 amide bonds.